The van der Waals surface area contributed by atoms with Gasteiger partial charge in [0.05, 0.1) is 0 Å². The van der Waals surface area contributed by atoms with Crippen molar-refractivity contribution in [3.63, 3.8) is 0 Å². The SMILES string of the molecule is CC(C)N(CC1CC1)c1ccc(C=O)c(Br)c1. The first-order valence-corrected chi connectivity index (χ1v) is 6.92. The lowest BCUT2D eigenvalue weighted by molar-refractivity contribution is 0.112. The first-order chi connectivity index (χ1) is 8.11. The van der Waals surface area contributed by atoms with E-state index in [9.17, 15) is 4.79 Å². The summed E-state index contributed by atoms with van der Waals surface area (Å²) >= 11 is 3.45. The smallest absolute Gasteiger partial charge is 0.151 e. The van der Waals surface area contributed by atoms with Crippen LogP contribution in [0.25, 0.3) is 0 Å². The number of rotatable bonds is 5. The number of halogens is 1. The molecule has 0 heterocycles. The molecular formula is C14H18BrNO. The first-order valence-electron chi connectivity index (χ1n) is 6.13. The number of hydrogen-bond donors (Lipinski definition) is 0. The van der Waals surface area contributed by atoms with E-state index in [1.165, 1.54) is 18.5 Å². The molecule has 0 spiro atoms. The van der Waals surface area contributed by atoms with E-state index in [-0.39, 0.29) is 0 Å². The van der Waals surface area contributed by atoms with E-state index in [4.69, 9.17) is 0 Å². The zero-order chi connectivity index (χ0) is 12.4. The number of carbonyl (C=O) groups excluding carboxylic acids is 1. The predicted molar refractivity (Wildman–Crippen MR) is 74.7 cm³/mol. The van der Waals surface area contributed by atoms with Crippen LogP contribution in [0, 0.1) is 5.92 Å². The summed E-state index contributed by atoms with van der Waals surface area (Å²) in [7, 11) is 0. The average molecular weight is 296 g/mol. The van der Waals surface area contributed by atoms with Crippen molar-refractivity contribution in [2.24, 2.45) is 5.92 Å². The average Bonchev–Trinajstić information content (AvgIpc) is 3.09. The van der Waals surface area contributed by atoms with Crippen LogP contribution in [0.3, 0.4) is 0 Å². The van der Waals surface area contributed by atoms with E-state index in [2.05, 4.69) is 34.7 Å². The lowest BCUT2D eigenvalue weighted by atomic mass is 10.1. The van der Waals surface area contributed by atoms with E-state index in [0.717, 1.165) is 23.2 Å². The van der Waals surface area contributed by atoms with Gasteiger partial charge in [-0.25, -0.2) is 0 Å². The predicted octanol–water partition coefficient (Wildman–Crippen LogP) is 3.89. The van der Waals surface area contributed by atoms with Gasteiger partial charge in [0.2, 0.25) is 0 Å². The summed E-state index contributed by atoms with van der Waals surface area (Å²) in [6.45, 7) is 5.55. The van der Waals surface area contributed by atoms with Gasteiger partial charge >= 0.3 is 0 Å². The van der Waals surface area contributed by atoms with Gasteiger partial charge in [-0.15, -0.1) is 0 Å². The molecule has 0 unspecified atom stereocenters. The summed E-state index contributed by atoms with van der Waals surface area (Å²) < 4.78 is 0.881. The lowest BCUT2D eigenvalue weighted by Crippen LogP contribution is -2.32. The molecule has 2 nitrogen and oxygen atoms in total. The summed E-state index contributed by atoms with van der Waals surface area (Å²) in [6.07, 6.45) is 3.60. The Hall–Kier alpha value is -0.830. The Kier molecular flexibility index (Phi) is 3.87. The van der Waals surface area contributed by atoms with Crippen LogP contribution >= 0.6 is 15.9 Å². The van der Waals surface area contributed by atoms with E-state index in [1.807, 2.05) is 18.2 Å². The highest BCUT2D eigenvalue weighted by atomic mass is 79.9. The van der Waals surface area contributed by atoms with Crippen molar-refractivity contribution in [3.05, 3.63) is 28.2 Å². The third-order valence-corrected chi connectivity index (χ3v) is 3.90. The molecule has 1 aromatic rings. The number of nitrogens with zero attached hydrogens (tertiary/aromatic N) is 1. The molecule has 0 radical (unpaired) electrons. The molecule has 0 aliphatic heterocycles. The lowest BCUT2D eigenvalue weighted by Gasteiger charge is -2.29. The zero-order valence-corrected chi connectivity index (χ0v) is 11.9. The van der Waals surface area contributed by atoms with Crippen molar-refractivity contribution >= 4 is 27.9 Å². The highest BCUT2D eigenvalue weighted by molar-refractivity contribution is 9.10. The van der Waals surface area contributed by atoms with Gasteiger partial charge in [0.15, 0.2) is 6.29 Å². The van der Waals surface area contributed by atoms with Gasteiger partial charge in [-0.1, -0.05) is 0 Å². The Morgan fingerprint density at radius 2 is 2.18 bits per heavy atom. The molecule has 17 heavy (non-hydrogen) atoms. The molecule has 1 fully saturated rings. The molecule has 0 aromatic heterocycles. The summed E-state index contributed by atoms with van der Waals surface area (Å²) in [5.41, 5.74) is 1.91. The van der Waals surface area contributed by atoms with Crippen LogP contribution in [-0.2, 0) is 0 Å². The van der Waals surface area contributed by atoms with Gasteiger partial charge in [-0.05, 0) is 66.7 Å². The van der Waals surface area contributed by atoms with Crippen LogP contribution in [0.1, 0.15) is 37.0 Å². The van der Waals surface area contributed by atoms with Gasteiger partial charge in [0.25, 0.3) is 0 Å². The summed E-state index contributed by atoms with van der Waals surface area (Å²) in [6, 6.07) is 6.46. The minimum atomic E-state index is 0.490. The minimum absolute atomic E-state index is 0.490. The first kappa shape index (κ1) is 12.6. The van der Waals surface area contributed by atoms with Crippen LogP contribution in [0.5, 0.6) is 0 Å². The maximum absolute atomic E-state index is 10.8. The van der Waals surface area contributed by atoms with Crippen LogP contribution in [0.2, 0.25) is 0 Å². The molecule has 1 aliphatic carbocycles. The molecule has 0 atom stereocenters. The third kappa shape index (κ3) is 3.09. The van der Waals surface area contributed by atoms with Crippen molar-refractivity contribution < 1.29 is 4.79 Å². The van der Waals surface area contributed by atoms with Gasteiger partial charge < -0.3 is 4.90 Å². The fraction of sp³-hybridized carbons (Fsp3) is 0.500. The Balaban J connectivity index is 2.22. The second kappa shape index (κ2) is 5.21. The monoisotopic (exact) mass is 295 g/mol. The quantitative estimate of drug-likeness (QED) is 0.768. The number of carbonyl (C=O) groups is 1. The largest absolute Gasteiger partial charge is 0.369 e. The van der Waals surface area contributed by atoms with E-state index in [1.54, 1.807) is 0 Å². The molecule has 3 heteroatoms. The number of anilines is 1. The molecule has 1 aliphatic rings. The Morgan fingerprint density at radius 1 is 1.47 bits per heavy atom. The molecule has 1 saturated carbocycles. The Morgan fingerprint density at radius 3 is 2.65 bits per heavy atom. The number of aldehydes is 1. The van der Waals surface area contributed by atoms with E-state index < -0.39 is 0 Å². The van der Waals surface area contributed by atoms with Crippen molar-refractivity contribution in [1.29, 1.82) is 0 Å². The van der Waals surface area contributed by atoms with Crippen LogP contribution in [0.4, 0.5) is 5.69 Å². The second-order valence-electron chi connectivity index (χ2n) is 5.01. The third-order valence-electron chi connectivity index (χ3n) is 3.22. The molecule has 0 amide bonds. The molecule has 2 rings (SSSR count). The summed E-state index contributed by atoms with van der Waals surface area (Å²) in [5.74, 6) is 0.863. The van der Waals surface area contributed by atoms with Gasteiger partial charge in [0.1, 0.15) is 0 Å². The van der Waals surface area contributed by atoms with E-state index in [0.29, 0.717) is 11.6 Å². The molecule has 0 bridgehead atoms. The normalized spacial score (nSPS) is 15.1. The number of hydrogen-bond acceptors (Lipinski definition) is 2. The fourth-order valence-corrected chi connectivity index (χ4v) is 2.44. The summed E-state index contributed by atoms with van der Waals surface area (Å²) in [4.78, 5) is 13.2. The van der Waals surface area contributed by atoms with Crippen molar-refractivity contribution in [1.82, 2.24) is 0 Å². The van der Waals surface area contributed by atoms with Crippen molar-refractivity contribution in [3.8, 4) is 0 Å². The minimum Gasteiger partial charge on any atom is -0.369 e. The molecule has 92 valence electrons. The molecule has 0 saturated heterocycles. The van der Waals surface area contributed by atoms with Crippen molar-refractivity contribution in [2.45, 2.75) is 32.7 Å². The topological polar surface area (TPSA) is 20.3 Å². The van der Waals surface area contributed by atoms with Crippen LogP contribution in [0.15, 0.2) is 22.7 Å². The van der Waals surface area contributed by atoms with E-state index >= 15 is 0 Å². The Bertz CT molecular complexity index is 413. The highest BCUT2D eigenvalue weighted by Gasteiger charge is 2.25. The Labute approximate surface area is 111 Å². The van der Waals surface area contributed by atoms with Gasteiger partial charge in [-0.3, -0.25) is 4.79 Å². The van der Waals surface area contributed by atoms with Crippen LogP contribution < -0.4 is 4.90 Å². The zero-order valence-electron chi connectivity index (χ0n) is 10.3. The molecule has 0 N–H and O–H groups in total. The number of benzene rings is 1. The van der Waals surface area contributed by atoms with Gasteiger partial charge in [0, 0.05) is 28.3 Å². The van der Waals surface area contributed by atoms with Crippen molar-refractivity contribution in [2.75, 3.05) is 11.4 Å². The molecular weight excluding hydrogens is 278 g/mol. The maximum Gasteiger partial charge on any atom is 0.151 e. The fourth-order valence-electron chi connectivity index (χ4n) is 1.98. The van der Waals surface area contributed by atoms with Crippen LogP contribution in [-0.4, -0.2) is 18.9 Å². The standard InChI is InChI=1S/C14H18BrNO/c1-10(2)16(8-11-3-4-11)13-6-5-12(9-17)14(15)7-13/h5-7,9-11H,3-4,8H2,1-2H3. The maximum atomic E-state index is 10.8. The molecule has 1 aromatic carbocycles. The summed E-state index contributed by atoms with van der Waals surface area (Å²) in [5, 5.41) is 0. The second-order valence-corrected chi connectivity index (χ2v) is 5.87. The van der Waals surface area contributed by atoms with Gasteiger partial charge in [-0.2, -0.15) is 0 Å². The highest BCUT2D eigenvalue weighted by Crippen LogP contribution is 2.33.